The average Bonchev–Trinajstić information content (AvgIpc) is 3.19. The van der Waals surface area contributed by atoms with E-state index in [1.807, 2.05) is 0 Å². The first-order valence-corrected chi connectivity index (χ1v) is 9.06. The van der Waals surface area contributed by atoms with Crippen LogP contribution in [-0.4, -0.2) is 28.9 Å². The van der Waals surface area contributed by atoms with E-state index < -0.39 is 0 Å². The molecule has 0 amide bonds. The third-order valence-corrected chi connectivity index (χ3v) is 5.06. The molecule has 5 nitrogen and oxygen atoms in total. The summed E-state index contributed by atoms with van der Waals surface area (Å²) in [6.07, 6.45) is 4.36. The molecule has 26 heavy (non-hydrogen) atoms. The number of fused-ring (bicyclic) bond motifs is 1. The third-order valence-electron chi connectivity index (χ3n) is 5.06. The Morgan fingerprint density at radius 1 is 1.23 bits per heavy atom. The van der Waals surface area contributed by atoms with E-state index in [-0.39, 0.29) is 17.3 Å². The van der Waals surface area contributed by atoms with Gasteiger partial charge in [-0.15, -0.1) is 0 Å². The highest BCUT2D eigenvalue weighted by molar-refractivity contribution is 6.14. The molecule has 0 bridgehead atoms. The molecule has 0 spiro atoms. The van der Waals surface area contributed by atoms with Crippen LogP contribution >= 0.6 is 0 Å². The average molecular weight is 353 g/mol. The summed E-state index contributed by atoms with van der Waals surface area (Å²) < 4.78 is 11.1. The first-order chi connectivity index (χ1) is 12.5. The van der Waals surface area contributed by atoms with Gasteiger partial charge in [0.05, 0.1) is 17.4 Å². The molecule has 2 aromatic rings. The molecular formula is C21H23NO4. The van der Waals surface area contributed by atoms with Crippen LogP contribution in [0.25, 0.3) is 6.08 Å². The van der Waals surface area contributed by atoms with Gasteiger partial charge in [-0.1, -0.05) is 13.8 Å². The number of ketones is 1. The van der Waals surface area contributed by atoms with Crippen LogP contribution in [0.3, 0.4) is 0 Å². The number of hydrogen-bond donors (Lipinski definition) is 1. The van der Waals surface area contributed by atoms with Crippen molar-refractivity contribution in [1.82, 2.24) is 4.90 Å². The van der Waals surface area contributed by atoms with Gasteiger partial charge < -0.3 is 14.3 Å². The Bertz CT molecular complexity index is 843. The normalized spacial score (nSPS) is 24.7. The molecule has 2 atom stereocenters. The number of aromatic hydroxyl groups is 1. The number of carbonyl (C=O) groups is 1. The van der Waals surface area contributed by atoms with Crippen molar-refractivity contribution < 1.29 is 19.1 Å². The summed E-state index contributed by atoms with van der Waals surface area (Å²) in [4.78, 5) is 15.0. The Morgan fingerprint density at radius 3 is 2.69 bits per heavy atom. The van der Waals surface area contributed by atoms with Gasteiger partial charge in [-0.05, 0) is 42.5 Å². The second-order valence-electron chi connectivity index (χ2n) is 7.54. The minimum absolute atomic E-state index is 0.168. The third kappa shape index (κ3) is 3.15. The summed E-state index contributed by atoms with van der Waals surface area (Å²) in [5.41, 5.74) is 1.17. The van der Waals surface area contributed by atoms with Crippen LogP contribution < -0.4 is 4.74 Å². The summed E-state index contributed by atoms with van der Waals surface area (Å²) in [6.45, 7) is 7.04. The number of Topliss-reactive ketones (excluding diaryl/α,β-unsaturated/α-hetero) is 1. The predicted octanol–water partition coefficient (Wildman–Crippen LogP) is 4.08. The van der Waals surface area contributed by atoms with Crippen LogP contribution in [0.1, 0.15) is 41.9 Å². The van der Waals surface area contributed by atoms with Crippen LogP contribution in [0.5, 0.6) is 11.5 Å². The molecule has 1 aromatic heterocycles. The smallest absolute Gasteiger partial charge is 0.232 e. The first-order valence-electron chi connectivity index (χ1n) is 9.06. The molecule has 136 valence electrons. The van der Waals surface area contributed by atoms with Crippen molar-refractivity contribution in [2.75, 3.05) is 13.1 Å². The molecule has 0 aliphatic carbocycles. The van der Waals surface area contributed by atoms with E-state index in [0.29, 0.717) is 41.0 Å². The number of rotatable bonds is 3. The molecule has 1 N–H and O–H groups in total. The van der Waals surface area contributed by atoms with E-state index >= 15 is 0 Å². The van der Waals surface area contributed by atoms with Crippen molar-refractivity contribution in [1.29, 1.82) is 0 Å². The fourth-order valence-corrected chi connectivity index (χ4v) is 4.10. The lowest BCUT2D eigenvalue weighted by atomic mass is 9.91. The van der Waals surface area contributed by atoms with Gasteiger partial charge in [0, 0.05) is 25.7 Å². The highest BCUT2D eigenvalue weighted by Gasteiger charge is 2.32. The summed E-state index contributed by atoms with van der Waals surface area (Å²) in [6, 6.07) is 6.74. The number of hydrogen-bond acceptors (Lipinski definition) is 5. The van der Waals surface area contributed by atoms with Crippen LogP contribution in [0.15, 0.2) is 40.7 Å². The highest BCUT2D eigenvalue weighted by atomic mass is 16.5. The van der Waals surface area contributed by atoms with Crippen molar-refractivity contribution in [3.05, 3.63) is 53.2 Å². The van der Waals surface area contributed by atoms with Gasteiger partial charge in [0.1, 0.15) is 17.3 Å². The van der Waals surface area contributed by atoms with Crippen molar-refractivity contribution in [2.24, 2.45) is 11.8 Å². The lowest BCUT2D eigenvalue weighted by Crippen LogP contribution is -2.38. The SMILES string of the molecule is CC1CC(C)CN(Cc2c(O)ccc3c2OC(=Cc2ccco2)C3=O)C1. The van der Waals surface area contributed by atoms with Crippen molar-refractivity contribution in [3.8, 4) is 11.5 Å². The van der Waals surface area contributed by atoms with Crippen LogP contribution in [0, 0.1) is 11.8 Å². The zero-order valence-corrected chi connectivity index (χ0v) is 15.1. The lowest BCUT2D eigenvalue weighted by Gasteiger charge is -2.35. The van der Waals surface area contributed by atoms with E-state index in [2.05, 4.69) is 18.7 Å². The first kappa shape index (κ1) is 16.9. The Kier molecular flexibility index (Phi) is 4.32. The number of furan rings is 1. The number of allylic oxidation sites excluding steroid dienone is 1. The van der Waals surface area contributed by atoms with Crippen LogP contribution in [0.2, 0.25) is 0 Å². The Labute approximate surface area is 152 Å². The molecule has 4 rings (SSSR count). The number of nitrogens with zero attached hydrogens (tertiary/aromatic N) is 1. The summed E-state index contributed by atoms with van der Waals surface area (Å²) >= 11 is 0. The zero-order chi connectivity index (χ0) is 18.3. The molecule has 2 aliphatic rings. The van der Waals surface area contributed by atoms with E-state index in [0.717, 1.165) is 13.1 Å². The van der Waals surface area contributed by atoms with Crippen molar-refractivity contribution in [2.45, 2.75) is 26.8 Å². The number of phenols is 1. The van der Waals surface area contributed by atoms with Gasteiger partial charge in [-0.25, -0.2) is 0 Å². The molecule has 3 heterocycles. The minimum Gasteiger partial charge on any atom is -0.507 e. The maximum absolute atomic E-state index is 12.7. The number of carbonyl (C=O) groups excluding carboxylic acids is 1. The standard InChI is InChI=1S/C21H23NO4/c1-13-8-14(2)11-22(10-13)12-17-18(23)6-5-16-20(24)19(26-21(16)17)9-15-4-3-7-25-15/h3-7,9,13-14,23H,8,10-12H2,1-2H3. The molecule has 0 saturated carbocycles. The molecule has 2 unspecified atom stereocenters. The number of likely N-dealkylation sites (tertiary alicyclic amines) is 1. The maximum atomic E-state index is 12.7. The molecule has 1 aromatic carbocycles. The fourth-order valence-electron chi connectivity index (χ4n) is 4.10. The van der Waals surface area contributed by atoms with E-state index in [9.17, 15) is 9.90 Å². The largest absolute Gasteiger partial charge is 0.507 e. The minimum atomic E-state index is -0.182. The van der Waals surface area contributed by atoms with E-state index in [1.165, 1.54) is 6.42 Å². The van der Waals surface area contributed by atoms with Gasteiger partial charge in [-0.2, -0.15) is 0 Å². The molecule has 2 aliphatic heterocycles. The van der Waals surface area contributed by atoms with Crippen molar-refractivity contribution >= 4 is 11.9 Å². The molecular weight excluding hydrogens is 330 g/mol. The van der Waals surface area contributed by atoms with Gasteiger partial charge in [0.2, 0.25) is 5.78 Å². The number of piperidine rings is 1. The second kappa shape index (κ2) is 6.65. The topological polar surface area (TPSA) is 62.9 Å². The molecule has 1 fully saturated rings. The number of benzene rings is 1. The van der Waals surface area contributed by atoms with E-state index in [4.69, 9.17) is 9.15 Å². The van der Waals surface area contributed by atoms with Crippen molar-refractivity contribution in [3.63, 3.8) is 0 Å². The lowest BCUT2D eigenvalue weighted by molar-refractivity contribution is 0.101. The predicted molar refractivity (Wildman–Crippen MR) is 98.0 cm³/mol. The summed E-state index contributed by atoms with van der Waals surface area (Å²) in [7, 11) is 0. The summed E-state index contributed by atoms with van der Waals surface area (Å²) in [5, 5.41) is 10.4. The second-order valence-corrected chi connectivity index (χ2v) is 7.54. The molecule has 1 saturated heterocycles. The highest BCUT2D eigenvalue weighted by Crippen LogP contribution is 2.40. The van der Waals surface area contributed by atoms with Gasteiger partial charge in [0.25, 0.3) is 0 Å². The Morgan fingerprint density at radius 2 is 2.00 bits per heavy atom. The fraction of sp³-hybridized carbons (Fsp3) is 0.381. The Hall–Kier alpha value is -2.53. The number of ether oxygens (including phenoxy) is 1. The van der Waals surface area contributed by atoms with Gasteiger partial charge >= 0.3 is 0 Å². The van der Waals surface area contributed by atoms with Gasteiger partial charge in [-0.3, -0.25) is 9.69 Å². The van der Waals surface area contributed by atoms with Crippen LogP contribution in [0.4, 0.5) is 0 Å². The zero-order valence-electron chi connectivity index (χ0n) is 15.1. The van der Waals surface area contributed by atoms with E-state index in [1.54, 1.807) is 36.6 Å². The number of phenolic OH excluding ortho intramolecular Hbond substituents is 1. The van der Waals surface area contributed by atoms with Crippen LogP contribution in [-0.2, 0) is 6.54 Å². The summed E-state index contributed by atoms with van der Waals surface area (Å²) in [5.74, 6) is 2.48. The van der Waals surface area contributed by atoms with Gasteiger partial charge in [0.15, 0.2) is 5.76 Å². The maximum Gasteiger partial charge on any atom is 0.232 e. The monoisotopic (exact) mass is 353 g/mol. The Balaban J connectivity index is 1.64. The quantitative estimate of drug-likeness (QED) is 0.843. The molecule has 0 radical (unpaired) electrons. The molecule has 5 heteroatoms.